The molecule has 8 nitrogen and oxygen atoms in total. The molecular weight excluding hydrogens is 452 g/mol. The second-order valence-electron chi connectivity index (χ2n) is 8.59. The first kappa shape index (κ1) is 23.3. The molecule has 0 spiro atoms. The summed E-state index contributed by atoms with van der Waals surface area (Å²) in [6.07, 6.45) is 3.07. The van der Waals surface area contributed by atoms with Crippen LogP contribution in [0.4, 0.5) is 28.8 Å². The van der Waals surface area contributed by atoms with Crippen molar-refractivity contribution in [1.29, 1.82) is 5.26 Å². The molecule has 0 fully saturated rings. The molecule has 1 amide bonds. The lowest BCUT2D eigenvalue weighted by atomic mass is 9.80. The quantitative estimate of drug-likeness (QED) is 0.363. The highest BCUT2D eigenvalue weighted by molar-refractivity contribution is 6.32. The van der Waals surface area contributed by atoms with Crippen LogP contribution in [0.5, 0.6) is 5.75 Å². The minimum absolute atomic E-state index is 0.00820. The molecule has 2 heterocycles. The molecule has 9 heteroatoms. The number of anilines is 5. The van der Waals surface area contributed by atoms with Crippen LogP contribution in [0.1, 0.15) is 38.7 Å². The van der Waals surface area contributed by atoms with Gasteiger partial charge in [-0.3, -0.25) is 4.79 Å². The SMILES string of the molecule is CC1(C)CCC(=O)Nc2cc(Nc3ncc(Cl)c(Nc4ccccc4OCCC#N)n3)ccc21. The van der Waals surface area contributed by atoms with Gasteiger partial charge in [-0.05, 0) is 41.7 Å². The Hall–Kier alpha value is -3.83. The van der Waals surface area contributed by atoms with E-state index in [1.807, 2.05) is 36.4 Å². The van der Waals surface area contributed by atoms with E-state index in [1.165, 1.54) is 6.20 Å². The number of carbonyl (C=O) groups is 1. The number of rotatable bonds is 7. The fraction of sp³-hybridized carbons (Fsp3) is 0.280. The van der Waals surface area contributed by atoms with Crippen molar-refractivity contribution in [3.05, 3.63) is 59.2 Å². The van der Waals surface area contributed by atoms with Gasteiger partial charge in [-0.1, -0.05) is 43.6 Å². The van der Waals surface area contributed by atoms with Crippen LogP contribution in [0.2, 0.25) is 5.02 Å². The van der Waals surface area contributed by atoms with Crippen LogP contribution in [0.15, 0.2) is 48.7 Å². The van der Waals surface area contributed by atoms with E-state index in [0.29, 0.717) is 34.6 Å². The number of amides is 1. The monoisotopic (exact) mass is 476 g/mol. The summed E-state index contributed by atoms with van der Waals surface area (Å²) < 4.78 is 5.68. The molecule has 0 unspecified atom stereocenters. The first-order valence-corrected chi connectivity index (χ1v) is 11.3. The lowest BCUT2D eigenvalue weighted by Crippen LogP contribution is -2.16. The number of carbonyl (C=O) groups excluding carboxylic acids is 1. The number of ether oxygens (including phenoxy) is 1. The van der Waals surface area contributed by atoms with Gasteiger partial charge in [0.15, 0.2) is 5.82 Å². The van der Waals surface area contributed by atoms with Crippen molar-refractivity contribution in [2.24, 2.45) is 0 Å². The number of benzene rings is 2. The van der Waals surface area contributed by atoms with E-state index in [-0.39, 0.29) is 24.3 Å². The zero-order valence-corrected chi connectivity index (χ0v) is 19.7. The minimum Gasteiger partial charge on any atom is -0.490 e. The number of hydrogen-bond donors (Lipinski definition) is 3. The Morgan fingerprint density at radius 3 is 2.88 bits per heavy atom. The van der Waals surface area contributed by atoms with Gasteiger partial charge in [0.25, 0.3) is 0 Å². The van der Waals surface area contributed by atoms with Gasteiger partial charge in [0.05, 0.1) is 24.4 Å². The zero-order chi connectivity index (χ0) is 24.1. The van der Waals surface area contributed by atoms with E-state index in [2.05, 4.69) is 45.8 Å². The summed E-state index contributed by atoms with van der Waals surface area (Å²) in [5.41, 5.74) is 3.18. The lowest BCUT2D eigenvalue weighted by molar-refractivity contribution is -0.116. The molecule has 4 rings (SSSR count). The molecule has 0 aliphatic carbocycles. The second kappa shape index (κ2) is 9.98. The number of nitrogens with one attached hydrogen (secondary N) is 3. The molecular formula is C25H25ClN6O2. The minimum atomic E-state index is -0.108. The van der Waals surface area contributed by atoms with Crippen LogP contribution in [0.25, 0.3) is 0 Å². The topological polar surface area (TPSA) is 112 Å². The van der Waals surface area contributed by atoms with Gasteiger partial charge in [-0.2, -0.15) is 10.2 Å². The highest BCUT2D eigenvalue weighted by atomic mass is 35.5. The van der Waals surface area contributed by atoms with E-state index in [0.717, 1.165) is 23.4 Å². The maximum absolute atomic E-state index is 12.2. The van der Waals surface area contributed by atoms with E-state index in [9.17, 15) is 4.79 Å². The molecule has 3 N–H and O–H groups in total. The first-order chi connectivity index (χ1) is 16.4. The summed E-state index contributed by atoms with van der Waals surface area (Å²) in [5, 5.41) is 18.5. The molecule has 174 valence electrons. The molecule has 1 aliphatic rings. The summed E-state index contributed by atoms with van der Waals surface area (Å²) in [5.74, 6) is 1.34. The third kappa shape index (κ3) is 5.38. The van der Waals surface area contributed by atoms with Crippen LogP contribution in [0, 0.1) is 11.3 Å². The van der Waals surface area contributed by atoms with E-state index in [1.54, 1.807) is 6.07 Å². The average molecular weight is 477 g/mol. The van der Waals surface area contributed by atoms with Gasteiger partial charge in [0.1, 0.15) is 17.4 Å². The molecule has 34 heavy (non-hydrogen) atoms. The number of aromatic nitrogens is 2. The Morgan fingerprint density at radius 1 is 1.24 bits per heavy atom. The van der Waals surface area contributed by atoms with Crippen LogP contribution < -0.4 is 20.7 Å². The summed E-state index contributed by atoms with van der Waals surface area (Å²) >= 11 is 6.34. The number of nitriles is 1. The molecule has 0 saturated heterocycles. The molecule has 2 aromatic carbocycles. The Kier molecular flexibility index (Phi) is 6.85. The van der Waals surface area contributed by atoms with Crippen molar-refractivity contribution in [2.75, 3.05) is 22.6 Å². The Balaban J connectivity index is 1.56. The zero-order valence-electron chi connectivity index (χ0n) is 19.0. The number of nitrogens with zero attached hydrogens (tertiary/aromatic N) is 3. The normalized spacial score (nSPS) is 14.2. The largest absolute Gasteiger partial charge is 0.490 e. The van der Waals surface area contributed by atoms with Gasteiger partial charge >= 0.3 is 0 Å². The van der Waals surface area contributed by atoms with Crippen molar-refractivity contribution < 1.29 is 9.53 Å². The predicted molar refractivity (Wildman–Crippen MR) is 133 cm³/mol. The first-order valence-electron chi connectivity index (χ1n) is 11.0. The summed E-state index contributed by atoms with van der Waals surface area (Å²) in [7, 11) is 0. The molecule has 0 atom stereocenters. The van der Waals surface area contributed by atoms with Crippen molar-refractivity contribution in [3.63, 3.8) is 0 Å². The van der Waals surface area contributed by atoms with Gasteiger partial charge < -0.3 is 20.7 Å². The Morgan fingerprint density at radius 2 is 2.06 bits per heavy atom. The molecule has 1 aromatic heterocycles. The van der Waals surface area contributed by atoms with Gasteiger partial charge in [-0.15, -0.1) is 0 Å². The number of fused-ring (bicyclic) bond motifs is 1. The number of halogens is 1. The third-order valence-corrected chi connectivity index (χ3v) is 5.89. The van der Waals surface area contributed by atoms with Gasteiger partial charge in [0.2, 0.25) is 11.9 Å². The second-order valence-corrected chi connectivity index (χ2v) is 8.99. The lowest BCUT2D eigenvalue weighted by Gasteiger charge is -2.24. The van der Waals surface area contributed by atoms with Gasteiger partial charge in [0, 0.05) is 17.8 Å². The maximum atomic E-state index is 12.2. The van der Waals surface area contributed by atoms with Crippen LogP contribution in [0.3, 0.4) is 0 Å². The fourth-order valence-corrected chi connectivity index (χ4v) is 3.90. The van der Waals surface area contributed by atoms with E-state index < -0.39 is 0 Å². The average Bonchev–Trinajstić information content (AvgIpc) is 2.92. The van der Waals surface area contributed by atoms with Crippen LogP contribution in [-0.4, -0.2) is 22.5 Å². The highest BCUT2D eigenvalue weighted by Crippen LogP contribution is 2.38. The smallest absolute Gasteiger partial charge is 0.229 e. The van der Waals surface area contributed by atoms with Crippen molar-refractivity contribution in [2.45, 2.75) is 38.5 Å². The fourth-order valence-electron chi connectivity index (χ4n) is 3.76. The van der Waals surface area contributed by atoms with Crippen LogP contribution >= 0.6 is 11.6 Å². The summed E-state index contributed by atoms with van der Waals surface area (Å²) in [6.45, 7) is 4.56. The van der Waals surface area contributed by atoms with E-state index >= 15 is 0 Å². The predicted octanol–water partition coefficient (Wildman–Crippen LogP) is 5.92. The van der Waals surface area contributed by atoms with E-state index in [4.69, 9.17) is 21.6 Å². The van der Waals surface area contributed by atoms with Crippen molar-refractivity contribution >= 4 is 46.3 Å². The number of hydrogen-bond acceptors (Lipinski definition) is 7. The third-order valence-electron chi connectivity index (χ3n) is 5.61. The molecule has 3 aromatic rings. The van der Waals surface area contributed by atoms with Crippen molar-refractivity contribution in [1.82, 2.24) is 9.97 Å². The molecule has 1 aliphatic heterocycles. The summed E-state index contributed by atoms with van der Waals surface area (Å²) in [4.78, 5) is 21.0. The highest BCUT2D eigenvalue weighted by Gasteiger charge is 2.28. The Labute approximate surface area is 203 Å². The van der Waals surface area contributed by atoms with Crippen LogP contribution in [-0.2, 0) is 10.2 Å². The molecule has 0 bridgehead atoms. The van der Waals surface area contributed by atoms with Crippen molar-refractivity contribution in [3.8, 4) is 11.8 Å². The summed E-state index contributed by atoms with van der Waals surface area (Å²) in [6, 6.07) is 15.3. The van der Waals surface area contributed by atoms with Gasteiger partial charge in [-0.25, -0.2) is 4.98 Å². The molecule has 0 radical (unpaired) electrons. The standard InChI is InChI=1S/C25H25ClN6O2/c1-25(2)11-10-22(33)30-20-14-16(8-9-17(20)25)29-24-28-15-18(26)23(32-24)31-19-6-3-4-7-21(19)34-13-5-12-27/h3-4,6-9,14-15H,5,10-11,13H2,1-2H3,(H,30,33)(H2,28,29,31,32). The maximum Gasteiger partial charge on any atom is 0.229 e. The molecule has 0 saturated carbocycles. The Bertz CT molecular complexity index is 1250. The number of para-hydroxylation sites is 2.